The average molecular weight is 268 g/mol. The van der Waals surface area contributed by atoms with Gasteiger partial charge in [0.1, 0.15) is 0 Å². The number of carbonyl (C=O) groups is 2. The molecule has 0 aromatic heterocycles. The number of nitrogens with zero attached hydrogens (tertiary/aromatic N) is 1. The van der Waals surface area contributed by atoms with Crippen molar-refractivity contribution in [1.82, 2.24) is 0 Å². The van der Waals surface area contributed by atoms with Crippen molar-refractivity contribution in [1.29, 1.82) is 0 Å². The van der Waals surface area contributed by atoms with Gasteiger partial charge < -0.3 is 14.7 Å². The zero-order chi connectivity index (χ0) is 15.1. The number of hydrogen-bond donors (Lipinski definition) is 2. The van der Waals surface area contributed by atoms with Crippen molar-refractivity contribution in [2.75, 3.05) is 27.2 Å². The third kappa shape index (κ3) is 6.01. The Morgan fingerprint density at radius 1 is 0.947 bits per heavy atom. The summed E-state index contributed by atoms with van der Waals surface area (Å²) in [5, 5.41) is 17.1. The van der Waals surface area contributed by atoms with E-state index in [-0.39, 0.29) is 11.1 Å². The van der Waals surface area contributed by atoms with E-state index in [4.69, 9.17) is 10.2 Å². The molecule has 0 spiro atoms. The smallest absolute Gasteiger partial charge is 0.336 e. The fraction of sp³-hybridized carbons (Fsp3) is 0.429. The van der Waals surface area contributed by atoms with Crippen molar-refractivity contribution < 1.29 is 24.3 Å². The maximum atomic E-state index is 10.5. The lowest BCUT2D eigenvalue weighted by Gasteiger charge is -2.25. The molecule has 1 rings (SSSR count). The molecular formula is C14H22NO4+. The molecule has 0 aliphatic heterocycles. The second-order valence-corrected chi connectivity index (χ2v) is 4.72. The monoisotopic (exact) mass is 268 g/mol. The van der Waals surface area contributed by atoms with E-state index in [0.717, 1.165) is 4.48 Å². The van der Waals surface area contributed by atoms with Crippen molar-refractivity contribution in [2.45, 2.75) is 13.8 Å². The normalized spacial score (nSPS) is 10.3. The molecule has 1 aromatic carbocycles. The molecule has 0 amide bonds. The van der Waals surface area contributed by atoms with Crippen LogP contribution in [0.5, 0.6) is 0 Å². The molecule has 0 aliphatic rings. The van der Waals surface area contributed by atoms with Crippen LogP contribution in [-0.2, 0) is 0 Å². The van der Waals surface area contributed by atoms with Crippen molar-refractivity contribution in [2.24, 2.45) is 0 Å². The number of carboxylic acid groups (broad SMARTS) is 2. The fourth-order valence-electron chi connectivity index (χ4n) is 1.08. The van der Waals surface area contributed by atoms with Gasteiger partial charge in [-0.15, -0.1) is 0 Å². The highest BCUT2D eigenvalue weighted by Crippen LogP contribution is 2.07. The number of benzene rings is 1. The highest BCUT2D eigenvalue weighted by Gasteiger charge is 2.13. The first-order valence-corrected chi connectivity index (χ1v) is 6.12. The standard InChI is InChI=1S/C8H6O4.C6H16N/c9-7(10)5-3-1-2-4-6(5)8(11)12;1-5-7(3,4)6-2/h1-4H,(H,9,10)(H,11,12);5-6H2,1-4H3/q;+1. The Bertz CT molecular complexity index is 402. The first-order chi connectivity index (χ1) is 8.75. The van der Waals surface area contributed by atoms with E-state index >= 15 is 0 Å². The molecule has 5 nitrogen and oxygen atoms in total. The topological polar surface area (TPSA) is 74.6 Å². The van der Waals surface area contributed by atoms with Crippen LogP contribution in [0.15, 0.2) is 24.3 Å². The van der Waals surface area contributed by atoms with Gasteiger partial charge in [-0.3, -0.25) is 0 Å². The lowest BCUT2D eigenvalue weighted by Crippen LogP contribution is -2.38. The van der Waals surface area contributed by atoms with Gasteiger partial charge in [-0.05, 0) is 26.0 Å². The van der Waals surface area contributed by atoms with Crippen LogP contribution in [-0.4, -0.2) is 53.8 Å². The minimum absolute atomic E-state index is 0.190. The molecule has 0 saturated heterocycles. The summed E-state index contributed by atoms with van der Waals surface area (Å²) in [7, 11) is 4.47. The molecule has 0 fully saturated rings. The Kier molecular flexibility index (Phi) is 6.79. The molecule has 5 heteroatoms. The van der Waals surface area contributed by atoms with Crippen LogP contribution in [0, 0.1) is 0 Å². The summed E-state index contributed by atoms with van der Waals surface area (Å²) < 4.78 is 1.14. The maximum absolute atomic E-state index is 10.5. The summed E-state index contributed by atoms with van der Waals surface area (Å²) in [5.41, 5.74) is -0.380. The van der Waals surface area contributed by atoms with Gasteiger partial charge in [0, 0.05) is 0 Å². The van der Waals surface area contributed by atoms with E-state index in [1.54, 1.807) is 0 Å². The van der Waals surface area contributed by atoms with Gasteiger partial charge in [0.15, 0.2) is 0 Å². The summed E-state index contributed by atoms with van der Waals surface area (Å²) in [6, 6.07) is 5.48. The lowest BCUT2D eigenvalue weighted by molar-refractivity contribution is -0.886. The molecular weight excluding hydrogens is 246 g/mol. The van der Waals surface area contributed by atoms with Crippen LogP contribution >= 0.6 is 0 Å². The molecule has 0 saturated carbocycles. The van der Waals surface area contributed by atoms with Gasteiger partial charge in [0.2, 0.25) is 0 Å². The lowest BCUT2D eigenvalue weighted by atomic mass is 10.1. The molecule has 0 heterocycles. The second-order valence-electron chi connectivity index (χ2n) is 4.72. The van der Waals surface area contributed by atoms with E-state index in [9.17, 15) is 9.59 Å². The Hall–Kier alpha value is -1.88. The zero-order valence-electron chi connectivity index (χ0n) is 11.9. The number of quaternary nitrogens is 1. The third-order valence-electron chi connectivity index (χ3n) is 3.10. The average Bonchev–Trinajstić information content (AvgIpc) is 2.39. The van der Waals surface area contributed by atoms with E-state index in [2.05, 4.69) is 27.9 Å². The summed E-state index contributed by atoms with van der Waals surface area (Å²) in [6.07, 6.45) is 0. The molecule has 2 N–H and O–H groups in total. The molecule has 0 aliphatic carbocycles. The quantitative estimate of drug-likeness (QED) is 0.821. The highest BCUT2D eigenvalue weighted by molar-refractivity contribution is 6.01. The zero-order valence-corrected chi connectivity index (χ0v) is 11.9. The Labute approximate surface area is 113 Å². The summed E-state index contributed by atoms with van der Waals surface area (Å²) in [6.45, 7) is 6.89. The molecule has 106 valence electrons. The van der Waals surface area contributed by atoms with Crippen molar-refractivity contribution in [3.8, 4) is 0 Å². The molecule has 0 bridgehead atoms. The van der Waals surface area contributed by atoms with Crippen LogP contribution in [0.3, 0.4) is 0 Å². The van der Waals surface area contributed by atoms with Crippen molar-refractivity contribution in [3.63, 3.8) is 0 Å². The number of hydrogen-bond acceptors (Lipinski definition) is 2. The van der Waals surface area contributed by atoms with Crippen LogP contribution in [0.2, 0.25) is 0 Å². The van der Waals surface area contributed by atoms with Crippen molar-refractivity contribution >= 4 is 11.9 Å². The maximum Gasteiger partial charge on any atom is 0.336 e. The molecule has 1 aromatic rings. The summed E-state index contributed by atoms with van der Waals surface area (Å²) in [5.74, 6) is -2.46. The second kappa shape index (κ2) is 7.53. The Morgan fingerprint density at radius 3 is 1.42 bits per heavy atom. The van der Waals surface area contributed by atoms with Gasteiger partial charge in [0.05, 0.1) is 38.3 Å². The summed E-state index contributed by atoms with van der Waals surface area (Å²) >= 11 is 0. The Balaban J connectivity index is 0.000000399. The largest absolute Gasteiger partial charge is 0.478 e. The predicted octanol–water partition coefficient (Wildman–Crippen LogP) is 2.19. The van der Waals surface area contributed by atoms with Crippen LogP contribution in [0.25, 0.3) is 0 Å². The fourth-order valence-corrected chi connectivity index (χ4v) is 1.08. The van der Waals surface area contributed by atoms with Crippen LogP contribution in [0.1, 0.15) is 34.6 Å². The van der Waals surface area contributed by atoms with Gasteiger partial charge in [-0.1, -0.05) is 12.1 Å². The number of rotatable bonds is 4. The molecule has 19 heavy (non-hydrogen) atoms. The molecule has 0 unspecified atom stereocenters. The minimum Gasteiger partial charge on any atom is -0.478 e. The first kappa shape index (κ1) is 17.1. The van der Waals surface area contributed by atoms with Crippen molar-refractivity contribution in [3.05, 3.63) is 35.4 Å². The SMILES string of the molecule is CC[N+](C)(C)CC.O=C(O)c1ccccc1C(=O)O. The van der Waals surface area contributed by atoms with E-state index in [1.165, 1.54) is 37.4 Å². The molecule has 0 radical (unpaired) electrons. The Morgan fingerprint density at radius 2 is 1.26 bits per heavy atom. The van der Waals surface area contributed by atoms with E-state index < -0.39 is 11.9 Å². The van der Waals surface area contributed by atoms with Gasteiger partial charge >= 0.3 is 11.9 Å². The number of aromatic carboxylic acids is 2. The van der Waals surface area contributed by atoms with Crippen LogP contribution < -0.4 is 0 Å². The van der Waals surface area contributed by atoms with Gasteiger partial charge in [-0.2, -0.15) is 0 Å². The number of carboxylic acids is 2. The predicted molar refractivity (Wildman–Crippen MR) is 73.6 cm³/mol. The van der Waals surface area contributed by atoms with Gasteiger partial charge in [-0.25, -0.2) is 9.59 Å². The summed E-state index contributed by atoms with van der Waals surface area (Å²) in [4.78, 5) is 20.9. The first-order valence-electron chi connectivity index (χ1n) is 6.12. The van der Waals surface area contributed by atoms with Crippen LogP contribution in [0.4, 0.5) is 0 Å². The van der Waals surface area contributed by atoms with Gasteiger partial charge in [0.25, 0.3) is 0 Å². The minimum atomic E-state index is -1.23. The molecule has 0 atom stereocenters. The highest BCUT2D eigenvalue weighted by atomic mass is 16.4. The van der Waals surface area contributed by atoms with E-state index in [1.807, 2.05) is 0 Å². The van der Waals surface area contributed by atoms with E-state index in [0.29, 0.717) is 0 Å². The third-order valence-corrected chi connectivity index (χ3v) is 3.10.